The lowest BCUT2D eigenvalue weighted by molar-refractivity contribution is -0.384. The molecule has 28 heavy (non-hydrogen) atoms. The van der Waals surface area contributed by atoms with E-state index < -0.39 is 4.92 Å². The van der Waals surface area contributed by atoms with E-state index in [9.17, 15) is 14.9 Å². The van der Waals surface area contributed by atoms with Gasteiger partial charge in [-0.3, -0.25) is 14.9 Å². The first-order chi connectivity index (χ1) is 13.5. The second-order valence-corrected chi connectivity index (χ2v) is 7.09. The summed E-state index contributed by atoms with van der Waals surface area (Å²) in [6.07, 6.45) is 3.62. The van der Waals surface area contributed by atoms with E-state index in [1.165, 1.54) is 37.5 Å². The molecule has 0 bridgehead atoms. The summed E-state index contributed by atoms with van der Waals surface area (Å²) in [6, 6.07) is 13.0. The monoisotopic (exact) mass is 383 g/mol. The largest absolute Gasteiger partial charge is 0.457 e. The molecule has 2 aromatic carbocycles. The Hall–Kier alpha value is -2.93. The van der Waals surface area contributed by atoms with Gasteiger partial charge in [-0.1, -0.05) is 24.6 Å². The number of rotatable bonds is 7. The molecule has 0 saturated carbocycles. The van der Waals surface area contributed by atoms with Gasteiger partial charge in [0.1, 0.15) is 11.5 Å². The number of hydrogen-bond acceptors (Lipinski definition) is 5. The molecule has 1 aliphatic rings. The van der Waals surface area contributed by atoms with E-state index in [4.69, 9.17) is 4.74 Å². The molecular formula is C21H25N3O4. The number of nitrogens with one attached hydrogen (secondary N) is 1. The van der Waals surface area contributed by atoms with Gasteiger partial charge in [-0.15, -0.1) is 0 Å². The number of nitrogens with zero attached hydrogens (tertiary/aromatic N) is 2. The number of non-ortho nitro benzene ring substituents is 1. The summed E-state index contributed by atoms with van der Waals surface area (Å²) in [5, 5.41) is 14.1. The minimum absolute atomic E-state index is 0.0746. The van der Waals surface area contributed by atoms with Crippen molar-refractivity contribution in [2.24, 2.45) is 0 Å². The van der Waals surface area contributed by atoms with Crippen LogP contribution in [0.3, 0.4) is 0 Å². The van der Waals surface area contributed by atoms with Gasteiger partial charge < -0.3 is 15.0 Å². The highest BCUT2D eigenvalue weighted by molar-refractivity contribution is 5.97. The zero-order valence-electron chi connectivity index (χ0n) is 16.0. The van der Waals surface area contributed by atoms with Gasteiger partial charge in [0.25, 0.3) is 11.6 Å². The molecule has 1 aliphatic heterocycles. The van der Waals surface area contributed by atoms with Crippen molar-refractivity contribution in [1.82, 2.24) is 10.2 Å². The van der Waals surface area contributed by atoms with Crippen LogP contribution in [0.5, 0.6) is 11.5 Å². The Kier molecular flexibility index (Phi) is 6.60. The molecule has 1 saturated heterocycles. The smallest absolute Gasteiger partial charge is 0.270 e. The van der Waals surface area contributed by atoms with Crippen molar-refractivity contribution in [2.45, 2.75) is 32.2 Å². The Bertz CT molecular complexity index is 820. The van der Waals surface area contributed by atoms with Crippen molar-refractivity contribution in [3.63, 3.8) is 0 Å². The number of piperidine rings is 1. The van der Waals surface area contributed by atoms with Crippen LogP contribution >= 0.6 is 0 Å². The van der Waals surface area contributed by atoms with Gasteiger partial charge in [0.2, 0.25) is 0 Å². The van der Waals surface area contributed by atoms with Crippen molar-refractivity contribution in [3.8, 4) is 11.5 Å². The van der Waals surface area contributed by atoms with E-state index >= 15 is 0 Å². The third kappa shape index (κ3) is 5.29. The lowest BCUT2D eigenvalue weighted by Crippen LogP contribution is -2.43. The SMILES string of the molecule is CC(CN1CCCCC1)NC(=O)c1cc([N+](=O)[O-])ccc1Oc1ccccc1. The summed E-state index contributed by atoms with van der Waals surface area (Å²) in [6.45, 7) is 4.79. The molecule has 7 heteroatoms. The van der Waals surface area contributed by atoms with Crippen LogP contribution in [0.15, 0.2) is 48.5 Å². The number of benzene rings is 2. The molecule has 1 fully saturated rings. The Balaban J connectivity index is 1.75. The highest BCUT2D eigenvalue weighted by Crippen LogP contribution is 2.28. The molecule has 3 rings (SSSR count). The highest BCUT2D eigenvalue weighted by Gasteiger charge is 2.21. The van der Waals surface area contributed by atoms with E-state index in [0.29, 0.717) is 11.5 Å². The van der Waals surface area contributed by atoms with E-state index in [1.54, 1.807) is 12.1 Å². The fourth-order valence-corrected chi connectivity index (χ4v) is 3.39. The van der Waals surface area contributed by atoms with Crippen LogP contribution in [0.1, 0.15) is 36.5 Å². The van der Waals surface area contributed by atoms with E-state index in [2.05, 4.69) is 10.2 Å². The van der Waals surface area contributed by atoms with Crippen LogP contribution < -0.4 is 10.1 Å². The normalized spacial score (nSPS) is 15.6. The third-order valence-electron chi connectivity index (χ3n) is 4.75. The maximum absolute atomic E-state index is 12.9. The number of amides is 1. The second-order valence-electron chi connectivity index (χ2n) is 7.09. The molecule has 1 N–H and O–H groups in total. The standard InChI is InChI=1S/C21H25N3O4/c1-16(15-23-12-6-3-7-13-23)22-21(25)19-14-17(24(26)27)10-11-20(19)28-18-8-4-2-5-9-18/h2,4-5,8-11,14,16H,3,6-7,12-13,15H2,1H3,(H,22,25). The van der Waals surface area contributed by atoms with Crippen molar-refractivity contribution in [3.05, 3.63) is 64.2 Å². The number of hydrogen-bond donors (Lipinski definition) is 1. The topological polar surface area (TPSA) is 84.7 Å². The van der Waals surface area contributed by atoms with Crippen LogP contribution in [0.4, 0.5) is 5.69 Å². The number of nitro groups is 1. The summed E-state index contributed by atoms with van der Waals surface area (Å²) in [5.74, 6) is 0.477. The molecule has 0 spiro atoms. The number of likely N-dealkylation sites (tertiary alicyclic amines) is 1. The van der Waals surface area contributed by atoms with Crippen molar-refractivity contribution < 1.29 is 14.5 Å². The zero-order chi connectivity index (χ0) is 19.9. The van der Waals surface area contributed by atoms with E-state index in [0.717, 1.165) is 19.6 Å². The number of para-hydroxylation sites is 1. The predicted molar refractivity (Wildman–Crippen MR) is 107 cm³/mol. The molecule has 1 amide bonds. The van der Waals surface area contributed by atoms with Gasteiger partial charge in [0, 0.05) is 24.7 Å². The summed E-state index contributed by atoms with van der Waals surface area (Å²) in [5.41, 5.74) is 0.0118. The zero-order valence-corrected chi connectivity index (χ0v) is 16.0. The molecule has 1 heterocycles. The summed E-state index contributed by atoms with van der Waals surface area (Å²) >= 11 is 0. The van der Waals surface area contributed by atoms with Gasteiger partial charge in [0.05, 0.1) is 10.5 Å². The predicted octanol–water partition coefficient (Wildman–Crippen LogP) is 3.99. The Morgan fingerprint density at radius 2 is 1.89 bits per heavy atom. The van der Waals surface area contributed by atoms with Crippen LogP contribution in [0, 0.1) is 10.1 Å². The molecule has 148 valence electrons. The lowest BCUT2D eigenvalue weighted by atomic mass is 10.1. The molecule has 7 nitrogen and oxygen atoms in total. The van der Waals surface area contributed by atoms with Gasteiger partial charge in [0.15, 0.2) is 0 Å². The van der Waals surface area contributed by atoms with Crippen LogP contribution in [-0.2, 0) is 0 Å². The molecule has 1 atom stereocenters. The van der Waals surface area contributed by atoms with Gasteiger partial charge >= 0.3 is 0 Å². The van der Waals surface area contributed by atoms with Gasteiger partial charge in [-0.05, 0) is 51.1 Å². The Morgan fingerprint density at radius 3 is 2.57 bits per heavy atom. The number of carbonyl (C=O) groups is 1. The first-order valence-corrected chi connectivity index (χ1v) is 9.57. The third-order valence-corrected chi connectivity index (χ3v) is 4.75. The first kappa shape index (κ1) is 19.8. The fourth-order valence-electron chi connectivity index (χ4n) is 3.39. The maximum atomic E-state index is 12.9. The molecule has 0 radical (unpaired) electrons. The van der Waals surface area contributed by atoms with Crippen molar-refractivity contribution >= 4 is 11.6 Å². The lowest BCUT2D eigenvalue weighted by Gasteiger charge is -2.29. The second kappa shape index (κ2) is 9.32. The average molecular weight is 383 g/mol. The Labute approximate surface area is 164 Å². The van der Waals surface area contributed by atoms with Crippen molar-refractivity contribution in [2.75, 3.05) is 19.6 Å². The van der Waals surface area contributed by atoms with E-state index in [-0.39, 0.29) is 23.2 Å². The molecule has 0 aromatic heterocycles. The number of nitro benzene ring substituents is 1. The number of carbonyl (C=O) groups excluding carboxylic acids is 1. The van der Waals surface area contributed by atoms with E-state index in [1.807, 2.05) is 25.1 Å². The van der Waals surface area contributed by atoms with Crippen LogP contribution in [0.2, 0.25) is 0 Å². The Morgan fingerprint density at radius 1 is 1.18 bits per heavy atom. The van der Waals surface area contributed by atoms with Gasteiger partial charge in [-0.2, -0.15) is 0 Å². The summed E-state index contributed by atoms with van der Waals surface area (Å²) in [7, 11) is 0. The highest BCUT2D eigenvalue weighted by atomic mass is 16.6. The molecular weight excluding hydrogens is 358 g/mol. The molecule has 2 aromatic rings. The van der Waals surface area contributed by atoms with Crippen LogP contribution in [0.25, 0.3) is 0 Å². The van der Waals surface area contributed by atoms with Crippen LogP contribution in [-0.4, -0.2) is 41.4 Å². The number of ether oxygens (including phenoxy) is 1. The van der Waals surface area contributed by atoms with Gasteiger partial charge in [-0.25, -0.2) is 0 Å². The van der Waals surface area contributed by atoms with Crippen molar-refractivity contribution in [1.29, 1.82) is 0 Å². The molecule has 1 unspecified atom stereocenters. The minimum atomic E-state index is -0.514. The fraction of sp³-hybridized carbons (Fsp3) is 0.381. The quantitative estimate of drug-likeness (QED) is 0.577. The first-order valence-electron chi connectivity index (χ1n) is 9.57. The summed E-state index contributed by atoms with van der Waals surface area (Å²) < 4.78 is 5.80. The average Bonchev–Trinajstić information content (AvgIpc) is 2.69. The minimum Gasteiger partial charge on any atom is -0.457 e. The molecule has 0 aliphatic carbocycles. The maximum Gasteiger partial charge on any atom is 0.270 e. The summed E-state index contributed by atoms with van der Waals surface area (Å²) in [4.78, 5) is 25.8.